The van der Waals surface area contributed by atoms with Crippen molar-refractivity contribution in [1.82, 2.24) is 15.0 Å². The van der Waals surface area contributed by atoms with Gasteiger partial charge in [0.2, 0.25) is 0 Å². The molecule has 2 N–H and O–H groups in total. The van der Waals surface area contributed by atoms with Gasteiger partial charge in [-0.3, -0.25) is 9.59 Å². The van der Waals surface area contributed by atoms with Crippen LogP contribution in [-0.4, -0.2) is 22.4 Å². The molecule has 2 aromatic carbocycles. The zero-order valence-corrected chi connectivity index (χ0v) is 25.3. The van der Waals surface area contributed by atoms with Crippen molar-refractivity contribution in [3.8, 4) is 0 Å². The summed E-state index contributed by atoms with van der Waals surface area (Å²) in [5.41, 5.74) is 3.18. The van der Waals surface area contributed by atoms with Crippen LogP contribution >= 0.6 is 0 Å². The number of nitrogens with one attached hydrogen (secondary N) is 2. The molecule has 0 atom stereocenters. The molecule has 0 unspecified atom stereocenters. The van der Waals surface area contributed by atoms with Crippen LogP contribution in [0, 0.1) is 0 Å². The number of benzene rings is 2. The summed E-state index contributed by atoms with van der Waals surface area (Å²) in [5, 5.41) is 7.46. The Labute approximate surface area is 254 Å². The zero-order valence-electron chi connectivity index (χ0n) is 22.3. The fourth-order valence-electron chi connectivity index (χ4n) is 5.65. The maximum atomic E-state index is 12.4. The smallest absolute Gasteiger partial charge is 0.400 e. The van der Waals surface area contributed by atoms with Gasteiger partial charge in [-0.1, -0.05) is 48.5 Å². The van der Waals surface area contributed by atoms with Crippen LogP contribution < -0.4 is 37.0 Å². The minimum atomic E-state index is -0.173. The summed E-state index contributed by atoms with van der Waals surface area (Å²) in [4.78, 5) is 57.2. The molecule has 0 fully saturated rings. The molecule has 0 amide bonds. The van der Waals surface area contributed by atoms with E-state index in [0.717, 1.165) is 27.1 Å². The van der Waals surface area contributed by atoms with Gasteiger partial charge in [0.15, 0.2) is 11.6 Å². The molecular formula is C32H16N8O2Zn. The summed E-state index contributed by atoms with van der Waals surface area (Å²) >= 11 is 0. The number of ketones is 2. The van der Waals surface area contributed by atoms with Crippen LogP contribution in [0.2, 0.25) is 0 Å². The van der Waals surface area contributed by atoms with Crippen molar-refractivity contribution in [3.63, 3.8) is 0 Å². The number of amidine groups is 1. The number of H-pyrrole nitrogens is 1. The molecule has 0 saturated heterocycles. The molecule has 9 rings (SSSR count). The molecule has 2 aliphatic heterocycles. The first-order valence-electron chi connectivity index (χ1n) is 13.2. The Kier molecular flexibility index (Phi) is 5.41. The van der Waals surface area contributed by atoms with E-state index in [1.807, 2.05) is 48.5 Å². The Hall–Kier alpha value is -5.54. The standard InChI is InChI=1S/C32H18N8O2.Zn/c41-15-9-11-21-23(13-15)32-38-29(21)36-27-18-6-2-1-5-17(18)25(34-27)33-26-19-7-3-4-8-20(19)28(35-26)37-31-24-14-16(42)10-12-22(24)30(39-31)40-32;/h1-14H,(H4,33,34,35,36,37,38,39,40,41,42);/q;+2/p-2. The number of hydrogen-bond acceptors (Lipinski definition) is 7. The number of aliphatic imine (C=N–C) groups is 1. The van der Waals surface area contributed by atoms with Crippen molar-refractivity contribution in [2.45, 2.75) is 0 Å². The number of allylic oxidation sites excluding steroid dienone is 4. The Morgan fingerprint density at radius 2 is 1.35 bits per heavy atom. The zero-order chi connectivity index (χ0) is 27.9. The number of aromatic amines is 1. The average Bonchev–Trinajstić information content (AvgIpc) is 3.72. The average molecular weight is 610 g/mol. The maximum Gasteiger partial charge on any atom is 2.00 e. The minimum Gasteiger partial charge on any atom is -0.400 e. The van der Waals surface area contributed by atoms with Gasteiger partial charge in [-0.05, 0) is 58.0 Å². The molecule has 198 valence electrons. The van der Waals surface area contributed by atoms with Gasteiger partial charge in [-0.25, -0.2) is 4.99 Å². The molecule has 2 aliphatic carbocycles. The van der Waals surface area contributed by atoms with E-state index in [1.165, 1.54) is 24.3 Å². The summed E-state index contributed by atoms with van der Waals surface area (Å²) in [6, 6.07) is 15.6. The van der Waals surface area contributed by atoms with E-state index in [2.05, 4.69) is 10.3 Å². The second-order valence-corrected chi connectivity index (χ2v) is 10.1. The van der Waals surface area contributed by atoms with Crippen LogP contribution in [0.15, 0.2) is 110 Å². The van der Waals surface area contributed by atoms with Crippen molar-refractivity contribution in [2.75, 3.05) is 5.32 Å². The number of nitrogens with zero attached hydrogens (tertiary/aromatic N) is 6. The monoisotopic (exact) mass is 608 g/mol. The summed E-state index contributed by atoms with van der Waals surface area (Å²) in [5.74, 6) is 2.15. The van der Waals surface area contributed by atoms with Crippen molar-refractivity contribution in [3.05, 3.63) is 117 Å². The van der Waals surface area contributed by atoms with Gasteiger partial charge in [-0.2, -0.15) is 0 Å². The Morgan fingerprint density at radius 3 is 2.16 bits per heavy atom. The predicted octanol–water partition coefficient (Wildman–Crippen LogP) is 2.25. The molecule has 10 nitrogen and oxygen atoms in total. The number of hydrogen-bond donors (Lipinski definition) is 2. The number of fused-ring (bicyclic) bond motifs is 18. The molecule has 8 bridgehead atoms. The molecule has 0 spiro atoms. The first-order valence-corrected chi connectivity index (χ1v) is 13.2. The normalized spacial score (nSPS) is 17.9. The maximum absolute atomic E-state index is 12.4. The summed E-state index contributed by atoms with van der Waals surface area (Å²) in [6.07, 6.45) is 9.40. The topological polar surface area (TPSA) is 140 Å². The first-order chi connectivity index (χ1) is 20.6. The van der Waals surface area contributed by atoms with Gasteiger partial charge < -0.3 is 35.2 Å². The number of carbonyl (C=O) groups excluding carboxylic acids is 2. The van der Waals surface area contributed by atoms with E-state index in [0.29, 0.717) is 61.9 Å². The van der Waals surface area contributed by atoms with Gasteiger partial charge in [0.25, 0.3) is 0 Å². The number of rotatable bonds is 0. The molecular weight excluding hydrogens is 594 g/mol. The fraction of sp³-hybridized carbons (Fsp3) is 0. The van der Waals surface area contributed by atoms with Gasteiger partial charge >= 0.3 is 19.5 Å². The third-order valence-corrected chi connectivity index (χ3v) is 7.59. The van der Waals surface area contributed by atoms with Gasteiger partial charge in [-0.15, -0.1) is 0 Å². The molecule has 5 aromatic rings. The summed E-state index contributed by atoms with van der Waals surface area (Å²) in [6.45, 7) is 0. The van der Waals surface area contributed by atoms with E-state index < -0.39 is 0 Å². The second kappa shape index (κ2) is 9.24. The predicted molar refractivity (Wildman–Crippen MR) is 157 cm³/mol. The van der Waals surface area contributed by atoms with Gasteiger partial charge in [0.05, 0.1) is 23.3 Å². The molecule has 4 aliphatic rings. The third kappa shape index (κ3) is 3.82. The quantitative estimate of drug-likeness (QED) is 0.259. The van der Waals surface area contributed by atoms with Crippen molar-refractivity contribution in [2.24, 2.45) is 20.0 Å². The van der Waals surface area contributed by atoms with Crippen LogP contribution in [0.1, 0.15) is 5.56 Å². The molecule has 5 heterocycles. The minimum absolute atomic E-state index is 0. The fourth-order valence-corrected chi connectivity index (χ4v) is 5.65. The largest absolute Gasteiger partial charge is 2.00 e. The molecule has 0 saturated carbocycles. The van der Waals surface area contributed by atoms with Crippen LogP contribution in [0.25, 0.3) is 33.7 Å². The molecule has 0 radical (unpaired) electrons. The number of aromatic nitrogens is 3. The third-order valence-electron chi connectivity index (χ3n) is 7.59. The van der Waals surface area contributed by atoms with E-state index in [1.54, 1.807) is 12.2 Å². The molecule has 43 heavy (non-hydrogen) atoms. The molecule has 3 aromatic heterocycles. The van der Waals surface area contributed by atoms with E-state index >= 15 is 0 Å². The van der Waals surface area contributed by atoms with Crippen molar-refractivity contribution < 1.29 is 29.1 Å². The first kappa shape index (κ1) is 25.2. The van der Waals surface area contributed by atoms with Crippen LogP contribution in [0.3, 0.4) is 0 Å². The summed E-state index contributed by atoms with van der Waals surface area (Å²) < 4.78 is 0. The Bertz CT molecular complexity index is 2540. The number of carbonyl (C=O) groups is 2. The van der Waals surface area contributed by atoms with Crippen molar-refractivity contribution >= 4 is 68.6 Å². The SMILES string of the molecule is O=C1C=CC2=C3N=C(N=c4[n-]/c(c5ccccc45)=N\c4[nH]c(c5ccccc45)Nc4[n-]/c(c5c4C=CC(=O)C=5)=N\3)C2=C1.[Zn+2]. The Morgan fingerprint density at radius 1 is 0.651 bits per heavy atom. The molecule has 11 heteroatoms. The Balaban J connectivity index is 0.00000278. The van der Waals surface area contributed by atoms with Crippen LogP contribution in [-0.2, 0) is 29.1 Å². The van der Waals surface area contributed by atoms with E-state index in [9.17, 15) is 9.59 Å². The second-order valence-electron chi connectivity index (χ2n) is 10.1. The van der Waals surface area contributed by atoms with Crippen molar-refractivity contribution in [1.29, 1.82) is 0 Å². The van der Waals surface area contributed by atoms with Crippen LogP contribution in [0.4, 0.5) is 17.5 Å². The van der Waals surface area contributed by atoms with E-state index in [4.69, 9.17) is 29.9 Å². The number of anilines is 2. The van der Waals surface area contributed by atoms with E-state index in [-0.39, 0.29) is 31.0 Å². The van der Waals surface area contributed by atoms with Gasteiger partial charge in [0.1, 0.15) is 0 Å². The summed E-state index contributed by atoms with van der Waals surface area (Å²) in [7, 11) is 0. The van der Waals surface area contributed by atoms with Gasteiger partial charge in [0, 0.05) is 44.2 Å². The van der Waals surface area contributed by atoms with Crippen LogP contribution in [0.5, 0.6) is 0 Å².